The number of hydrogen-bond acceptors (Lipinski definition) is 5. The maximum absolute atomic E-state index is 12.8. The van der Waals surface area contributed by atoms with Gasteiger partial charge in [0.05, 0.1) is 6.20 Å². The summed E-state index contributed by atoms with van der Waals surface area (Å²) < 4.78 is 18.0. The number of nitrogens with zero attached hydrogens (tertiary/aromatic N) is 3. The van der Waals surface area contributed by atoms with E-state index in [9.17, 15) is 4.39 Å². The lowest BCUT2D eigenvalue weighted by Crippen LogP contribution is -2.28. The van der Waals surface area contributed by atoms with Crippen molar-refractivity contribution in [2.45, 2.75) is 39.7 Å². The molecule has 0 amide bonds. The van der Waals surface area contributed by atoms with E-state index < -0.39 is 5.82 Å². The largest absolute Gasteiger partial charge is 0.339 e. The predicted molar refractivity (Wildman–Crippen MR) is 73.2 cm³/mol. The molecule has 2 N–H and O–H groups in total. The fourth-order valence-electron chi connectivity index (χ4n) is 2.03. The van der Waals surface area contributed by atoms with Gasteiger partial charge < -0.3 is 10.3 Å². The average Bonchev–Trinajstić information content (AvgIpc) is 2.75. The standard InChI is InChI=1S/C14H19FN4O/c1-14(2,3)7-10(16)6-12-18-13(19-20-12)11-5-4-9(15)8-17-11/h4-5,8,10H,6-7,16H2,1-3H3. The van der Waals surface area contributed by atoms with Crippen LogP contribution in [0.3, 0.4) is 0 Å². The molecule has 1 atom stereocenters. The fourth-order valence-corrected chi connectivity index (χ4v) is 2.03. The molecule has 0 aliphatic heterocycles. The summed E-state index contributed by atoms with van der Waals surface area (Å²) in [6.07, 6.45) is 2.50. The molecule has 5 nitrogen and oxygen atoms in total. The summed E-state index contributed by atoms with van der Waals surface area (Å²) in [5, 5.41) is 3.84. The van der Waals surface area contributed by atoms with E-state index in [1.165, 1.54) is 12.1 Å². The van der Waals surface area contributed by atoms with Crippen LogP contribution in [0.25, 0.3) is 11.5 Å². The number of rotatable bonds is 4. The highest BCUT2D eigenvalue weighted by atomic mass is 19.1. The summed E-state index contributed by atoms with van der Waals surface area (Å²) in [4.78, 5) is 8.15. The number of hydrogen-bond donors (Lipinski definition) is 1. The summed E-state index contributed by atoms with van der Waals surface area (Å²) in [6, 6.07) is 2.78. The van der Waals surface area contributed by atoms with Crippen molar-refractivity contribution < 1.29 is 8.91 Å². The van der Waals surface area contributed by atoms with Crippen molar-refractivity contribution in [3.8, 4) is 11.5 Å². The lowest BCUT2D eigenvalue weighted by molar-refractivity contribution is 0.313. The van der Waals surface area contributed by atoms with Crippen LogP contribution in [0, 0.1) is 11.2 Å². The minimum Gasteiger partial charge on any atom is -0.339 e. The Bertz CT molecular complexity index is 559. The predicted octanol–water partition coefficient (Wildman–Crippen LogP) is 2.58. The highest BCUT2D eigenvalue weighted by Gasteiger charge is 2.19. The average molecular weight is 278 g/mol. The Balaban J connectivity index is 2.04. The van der Waals surface area contributed by atoms with Gasteiger partial charge in [-0.2, -0.15) is 4.98 Å². The normalized spacial score (nSPS) is 13.4. The molecule has 0 saturated carbocycles. The maximum atomic E-state index is 12.8. The Labute approximate surface area is 117 Å². The van der Waals surface area contributed by atoms with Crippen LogP contribution >= 0.6 is 0 Å². The smallest absolute Gasteiger partial charge is 0.228 e. The first-order chi connectivity index (χ1) is 9.33. The van der Waals surface area contributed by atoms with Crippen molar-refractivity contribution in [3.63, 3.8) is 0 Å². The zero-order chi connectivity index (χ0) is 14.8. The first-order valence-electron chi connectivity index (χ1n) is 6.53. The number of pyridine rings is 1. The molecule has 0 radical (unpaired) electrons. The summed E-state index contributed by atoms with van der Waals surface area (Å²) in [6.45, 7) is 6.40. The maximum Gasteiger partial charge on any atom is 0.228 e. The van der Waals surface area contributed by atoms with Crippen LogP contribution in [0.5, 0.6) is 0 Å². The first kappa shape index (κ1) is 14.6. The Kier molecular flexibility index (Phi) is 4.13. The summed E-state index contributed by atoms with van der Waals surface area (Å²) in [5.41, 5.74) is 6.70. The highest BCUT2D eigenvalue weighted by Crippen LogP contribution is 2.21. The van der Waals surface area contributed by atoms with E-state index in [1.54, 1.807) is 0 Å². The molecule has 2 aromatic rings. The molecule has 2 heterocycles. The van der Waals surface area contributed by atoms with Gasteiger partial charge in [-0.05, 0) is 24.0 Å². The third-order valence-corrected chi connectivity index (χ3v) is 2.74. The molecule has 0 saturated heterocycles. The van der Waals surface area contributed by atoms with Crippen LogP contribution < -0.4 is 5.73 Å². The Morgan fingerprint density at radius 2 is 2.10 bits per heavy atom. The van der Waals surface area contributed by atoms with Crippen molar-refractivity contribution >= 4 is 0 Å². The second-order valence-corrected chi connectivity index (χ2v) is 6.10. The van der Waals surface area contributed by atoms with Gasteiger partial charge >= 0.3 is 0 Å². The van der Waals surface area contributed by atoms with Crippen molar-refractivity contribution in [1.29, 1.82) is 0 Å². The van der Waals surface area contributed by atoms with Gasteiger partial charge in [0.25, 0.3) is 0 Å². The van der Waals surface area contributed by atoms with Crippen LogP contribution in [0.15, 0.2) is 22.9 Å². The minimum atomic E-state index is -0.398. The number of nitrogens with two attached hydrogens (primary N) is 1. The SMILES string of the molecule is CC(C)(C)CC(N)Cc1nc(-c2ccc(F)cn2)no1. The van der Waals surface area contributed by atoms with E-state index >= 15 is 0 Å². The third-order valence-electron chi connectivity index (χ3n) is 2.74. The highest BCUT2D eigenvalue weighted by molar-refractivity contribution is 5.47. The molecule has 0 aliphatic carbocycles. The summed E-state index contributed by atoms with van der Waals surface area (Å²) >= 11 is 0. The van der Waals surface area contributed by atoms with Gasteiger partial charge in [0.15, 0.2) is 0 Å². The van der Waals surface area contributed by atoms with E-state index in [0.717, 1.165) is 12.6 Å². The van der Waals surface area contributed by atoms with Crippen LogP contribution in [0.4, 0.5) is 4.39 Å². The molecule has 0 aliphatic rings. The van der Waals surface area contributed by atoms with E-state index in [4.69, 9.17) is 10.3 Å². The molecule has 2 rings (SSSR count). The monoisotopic (exact) mass is 278 g/mol. The van der Waals surface area contributed by atoms with Gasteiger partial charge in [-0.25, -0.2) is 9.37 Å². The lowest BCUT2D eigenvalue weighted by Gasteiger charge is -2.21. The van der Waals surface area contributed by atoms with Crippen molar-refractivity contribution in [1.82, 2.24) is 15.1 Å². The third kappa shape index (κ3) is 4.09. The van der Waals surface area contributed by atoms with E-state index in [1.807, 2.05) is 0 Å². The van der Waals surface area contributed by atoms with E-state index in [0.29, 0.717) is 23.8 Å². The second kappa shape index (κ2) is 5.66. The number of halogens is 1. The molecule has 1 unspecified atom stereocenters. The summed E-state index contributed by atoms with van der Waals surface area (Å²) in [7, 11) is 0. The van der Waals surface area contributed by atoms with Gasteiger partial charge in [-0.3, -0.25) is 0 Å². The van der Waals surface area contributed by atoms with Gasteiger partial charge in [0.2, 0.25) is 11.7 Å². The zero-order valence-electron chi connectivity index (χ0n) is 11.9. The molecule has 2 aromatic heterocycles. The van der Waals surface area contributed by atoms with Crippen LogP contribution in [0.1, 0.15) is 33.1 Å². The van der Waals surface area contributed by atoms with Gasteiger partial charge in [-0.1, -0.05) is 25.9 Å². The zero-order valence-corrected chi connectivity index (χ0v) is 11.9. The molecule has 20 heavy (non-hydrogen) atoms. The Hall–Kier alpha value is -1.82. The lowest BCUT2D eigenvalue weighted by atomic mass is 9.87. The summed E-state index contributed by atoms with van der Waals surface area (Å²) in [5.74, 6) is 0.426. The topological polar surface area (TPSA) is 77.8 Å². The van der Waals surface area contributed by atoms with Crippen molar-refractivity contribution in [3.05, 3.63) is 30.0 Å². The molecular formula is C14H19FN4O. The molecular weight excluding hydrogens is 259 g/mol. The molecule has 6 heteroatoms. The molecule has 0 bridgehead atoms. The number of aromatic nitrogens is 3. The van der Waals surface area contributed by atoms with Crippen LogP contribution in [0.2, 0.25) is 0 Å². The van der Waals surface area contributed by atoms with E-state index in [2.05, 4.69) is 35.9 Å². The van der Waals surface area contributed by atoms with E-state index in [-0.39, 0.29) is 11.5 Å². The second-order valence-electron chi connectivity index (χ2n) is 6.10. The van der Waals surface area contributed by atoms with Gasteiger partial charge in [-0.15, -0.1) is 0 Å². The van der Waals surface area contributed by atoms with Crippen LogP contribution in [-0.4, -0.2) is 21.2 Å². The molecule has 0 aromatic carbocycles. The molecule has 0 spiro atoms. The quantitative estimate of drug-likeness (QED) is 0.930. The molecule has 108 valence electrons. The van der Waals surface area contributed by atoms with Crippen molar-refractivity contribution in [2.75, 3.05) is 0 Å². The first-order valence-corrected chi connectivity index (χ1v) is 6.53. The Morgan fingerprint density at radius 1 is 1.35 bits per heavy atom. The fraction of sp³-hybridized carbons (Fsp3) is 0.500. The van der Waals surface area contributed by atoms with Crippen molar-refractivity contribution in [2.24, 2.45) is 11.1 Å². The van der Waals surface area contributed by atoms with Crippen LogP contribution in [-0.2, 0) is 6.42 Å². The van der Waals surface area contributed by atoms with Gasteiger partial charge in [0, 0.05) is 12.5 Å². The van der Waals surface area contributed by atoms with Gasteiger partial charge in [0.1, 0.15) is 11.5 Å². The minimum absolute atomic E-state index is 0.0375. The molecule has 0 fully saturated rings. The Morgan fingerprint density at radius 3 is 2.70 bits per heavy atom.